The van der Waals surface area contributed by atoms with Crippen molar-refractivity contribution in [3.8, 4) is 5.75 Å². The first-order chi connectivity index (χ1) is 12.6. The van der Waals surface area contributed by atoms with Gasteiger partial charge in [-0.25, -0.2) is 0 Å². The molecule has 2 amide bonds. The van der Waals surface area contributed by atoms with Gasteiger partial charge >= 0.3 is 0 Å². The number of carbonyl (C=O) groups excluding carboxylic acids is 2. The summed E-state index contributed by atoms with van der Waals surface area (Å²) in [7, 11) is 1.81. The minimum absolute atomic E-state index is 0.0926. The van der Waals surface area contributed by atoms with Crippen LogP contribution in [0.5, 0.6) is 5.75 Å². The molecule has 1 rings (SSSR count). The largest absolute Gasteiger partial charge is 0.494 e. The number of hydrogen-bond donors (Lipinski definition) is 0. The second-order valence-corrected chi connectivity index (χ2v) is 6.56. The predicted molar refractivity (Wildman–Crippen MR) is 105 cm³/mol. The molecular formula is C21H34N2O3. The average Bonchev–Trinajstić information content (AvgIpc) is 2.65. The van der Waals surface area contributed by atoms with Gasteiger partial charge in [0.1, 0.15) is 5.75 Å². The highest BCUT2D eigenvalue weighted by atomic mass is 16.5. The van der Waals surface area contributed by atoms with E-state index in [0.29, 0.717) is 32.4 Å². The molecule has 0 aromatic heterocycles. The normalized spacial score (nSPS) is 10.4. The van der Waals surface area contributed by atoms with Crippen LogP contribution in [-0.2, 0) is 9.59 Å². The summed E-state index contributed by atoms with van der Waals surface area (Å²) in [5.74, 6) is 1.11. The number of rotatable bonds is 13. The van der Waals surface area contributed by atoms with Crippen LogP contribution in [0, 0.1) is 0 Å². The third kappa shape index (κ3) is 8.88. The number of benzene rings is 1. The van der Waals surface area contributed by atoms with Crippen LogP contribution in [0.1, 0.15) is 52.4 Å². The molecule has 5 heteroatoms. The van der Waals surface area contributed by atoms with Crippen LogP contribution in [0.3, 0.4) is 0 Å². The first kappa shape index (κ1) is 22.0. The van der Waals surface area contributed by atoms with Crippen molar-refractivity contribution in [2.75, 3.05) is 33.3 Å². The minimum Gasteiger partial charge on any atom is -0.494 e. The highest BCUT2D eigenvalue weighted by Gasteiger charge is 2.13. The zero-order chi connectivity index (χ0) is 19.2. The molecule has 0 saturated carbocycles. The van der Waals surface area contributed by atoms with E-state index in [1.165, 1.54) is 0 Å². The monoisotopic (exact) mass is 362 g/mol. The Bertz CT molecular complexity index is 513. The van der Waals surface area contributed by atoms with Crippen LogP contribution in [0.4, 0.5) is 0 Å². The lowest BCUT2D eigenvalue weighted by atomic mass is 10.2. The van der Waals surface area contributed by atoms with Crippen LogP contribution in [0.15, 0.2) is 30.3 Å². The molecule has 0 N–H and O–H groups in total. The molecule has 0 atom stereocenters. The third-order valence-corrected chi connectivity index (χ3v) is 4.20. The zero-order valence-electron chi connectivity index (χ0n) is 16.6. The Labute approximate surface area is 158 Å². The van der Waals surface area contributed by atoms with Crippen molar-refractivity contribution in [3.05, 3.63) is 30.3 Å². The molecule has 0 radical (unpaired) electrons. The highest BCUT2D eigenvalue weighted by molar-refractivity contribution is 5.78. The van der Waals surface area contributed by atoms with Crippen molar-refractivity contribution in [3.63, 3.8) is 0 Å². The van der Waals surface area contributed by atoms with E-state index in [9.17, 15) is 9.59 Å². The van der Waals surface area contributed by atoms with Crippen molar-refractivity contribution >= 4 is 11.8 Å². The molecule has 0 aliphatic carbocycles. The first-order valence-corrected chi connectivity index (χ1v) is 9.78. The molecule has 0 unspecified atom stereocenters. The van der Waals surface area contributed by atoms with E-state index >= 15 is 0 Å². The van der Waals surface area contributed by atoms with Crippen molar-refractivity contribution < 1.29 is 14.3 Å². The standard InChI is InChI=1S/C21H34N2O3/c1-4-15-23(16-5-2)21(25)14-9-13-20(24)22(3)17-10-18-26-19-11-7-6-8-12-19/h6-8,11-12H,4-5,9-10,13-18H2,1-3H3. The van der Waals surface area contributed by atoms with Gasteiger partial charge in [-0.2, -0.15) is 0 Å². The molecule has 0 saturated heterocycles. The molecule has 5 nitrogen and oxygen atoms in total. The molecule has 1 aromatic carbocycles. The van der Waals surface area contributed by atoms with Crippen LogP contribution in [0.2, 0.25) is 0 Å². The molecular weight excluding hydrogens is 328 g/mol. The average molecular weight is 363 g/mol. The fraction of sp³-hybridized carbons (Fsp3) is 0.619. The number of hydrogen-bond acceptors (Lipinski definition) is 3. The second kappa shape index (κ2) is 13.2. The smallest absolute Gasteiger partial charge is 0.222 e. The molecule has 0 heterocycles. The van der Waals surface area contributed by atoms with E-state index in [-0.39, 0.29) is 11.8 Å². The molecule has 0 spiro atoms. The van der Waals surface area contributed by atoms with Gasteiger partial charge in [-0.3, -0.25) is 9.59 Å². The Kier molecular flexibility index (Phi) is 11.2. The quantitative estimate of drug-likeness (QED) is 0.502. The van der Waals surface area contributed by atoms with E-state index < -0.39 is 0 Å². The van der Waals surface area contributed by atoms with Gasteiger partial charge < -0.3 is 14.5 Å². The van der Waals surface area contributed by atoms with E-state index in [1.807, 2.05) is 42.3 Å². The highest BCUT2D eigenvalue weighted by Crippen LogP contribution is 2.09. The number of amides is 2. The number of para-hydroxylation sites is 1. The molecule has 0 aliphatic rings. The lowest BCUT2D eigenvalue weighted by Gasteiger charge is -2.22. The van der Waals surface area contributed by atoms with Gasteiger partial charge in [-0.1, -0.05) is 32.0 Å². The number of carbonyl (C=O) groups is 2. The van der Waals surface area contributed by atoms with Gasteiger partial charge in [-0.05, 0) is 37.8 Å². The van der Waals surface area contributed by atoms with Gasteiger partial charge in [0.15, 0.2) is 0 Å². The van der Waals surface area contributed by atoms with Crippen molar-refractivity contribution in [1.82, 2.24) is 9.80 Å². The van der Waals surface area contributed by atoms with Crippen LogP contribution < -0.4 is 4.74 Å². The van der Waals surface area contributed by atoms with Crippen molar-refractivity contribution in [2.45, 2.75) is 52.4 Å². The predicted octanol–water partition coefficient (Wildman–Crippen LogP) is 3.73. The van der Waals surface area contributed by atoms with Crippen LogP contribution in [0.25, 0.3) is 0 Å². The van der Waals surface area contributed by atoms with Gasteiger partial charge in [0, 0.05) is 39.5 Å². The molecule has 0 bridgehead atoms. The van der Waals surface area contributed by atoms with E-state index in [4.69, 9.17) is 4.74 Å². The lowest BCUT2D eigenvalue weighted by Crippen LogP contribution is -2.33. The van der Waals surface area contributed by atoms with E-state index in [2.05, 4.69) is 13.8 Å². The SMILES string of the molecule is CCCN(CCC)C(=O)CCCC(=O)N(C)CCCOc1ccccc1. The van der Waals surface area contributed by atoms with Crippen LogP contribution >= 0.6 is 0 Å². The number of ether oxygens (including phenoxy) is 1. The summed E-state index contributed by atoms with van der Waals surface area (Å²) in [5, 5.41) is 0. The summed E-state index contributed by atoms with van der Waals surface area (Å²) in [6.45, 7) is 7.02. The lowest BCUT2D eigenvalue weighted by molar-refractivity contribution is -0.132. The summed E-state index contributed by atoms with van der Waals surface area (Å²) in [6, 6.07) is 9.68. The van der Waals surface area contributed by atoms with E-state index in [0.717, 1.165) is 38.1 Å². The maximum atomic E-state index is 12.2. The molecule has 26 heavy (non-hydrogen) atoms. The second-order valence-electron chi connectivity index (χ2n) is 6.56. The van der Waals surface area contributed by atoms with Gasteiger partial charge in [0.2, 0.25) is 11.8 Å². The van der Waals surface area contributed by atoms with Gasteiger partial charge in [0.25, 0.3) is 0 Å². The summed E-state index contributed by atoms with van der Waals surface area (Å²) < 4.78 is 5.63. The van der Waals surface area contributed by atoms with Crippen molar-refractivity contribution in [2.24, 2.45) is 0 Å². The molecule has 0 fully saturated rings. The van der Waals surface area contributed by atoms with E-state index in [1.54, 1.807) is 4.90 Å². The van der Waals surface area contributed by atoms with Crippen molar-refractivity contribution in [1.29, 1.82) is 0 Å². The topological polar surface area (TPSA) is 49.9 Å². The molecule has 146 valence electrons. The Balaban J connectivity index is 2.18. The Hall–Kier alpha value is -2.04. The maximum absolute atomic E-state index is 12.2. The third-order valence-electron chi connectivity index (χ3n) is 4.20. The fourth-order valence-electron chi connectivity index (χ4n) is 2.77. The fourth-order valence-corrected chi connectivity index (χ4v) is 2.77. The Morgan fingerprint density at radius 2 is 1.50 bits per heavy atom. The summed E-state index contributed by atoms with van der Waals surface area (Å²) in [4.78, 5) is 28.0. The summed E-state index contributed by atoms with van der Waals surface area (Å²) in [5.41, 5.74) is 0. The molecule has 1 aromatic rings. The number of nitrogens with zero attached hydrogens (tertiary/aromatic N) is 2. The Morgan fingerprint density at radius 1 is 0.885 bits per heavy atom. The minimum atomic E-state index is 0.0926. The maximum Gasteiger partial charge on any atom is 0.222 e. The first-order valence-electron chi connectivity index (χ1n) is 9.78. The molecule has 0 aliphatic heterocycles. The zero-order valence-corrected chi connectivity index (χ0v) is 16.6. The summed E-state index contributed by atoms with van der Waals surface area (Å²) >= 11 is 0. The summed E-state index contributed by atoms with van der Waals surface area (Å²) in [6.07, 6.45) is 4.23. The van der Waals surface area contributed by atoms with Gasteiger partial charge in [-0.15, -0.1) is 0 Å². The van der Waals surface area contributed by atoms with Gasteiger partial charge in [0.05, 0.1) is 6.61 Å². The van der Waals surface area contributed by atoms with Crippen LogP contribution in [-0.4, -0.2) is 54.9 Å². The Morgan fingerprint density at radius 3 is 2.12 bits per heavy atom.